The van der Waals surface area contributed by atoms with Crippen LogP contribution in [0.15, 0.2) is 91.0 Å². The second-order valence-corrected chi connectivity index (χ2v) is 10.5. The Morgan fingerprint density at radius 3 is 2.09 bits per heavy atom. The minimum absolute atomic E-state index is 0.181. The van der Waals surface area contributed by atoms with Crippen molar-refractivity contribution in [3.63, 3.8) is 0 Å². The van der Waals surface area contributed by atoms with Crippen LogP contribution in [0, 0.1) is 18.6 Å². The molecule has 0 aliphatic heterocycles. The highest BCUT2D eigenvalue weighted by atomic mass is 19.4. The number of carbonyl (C=O) groups excluding carboxylic acids is 2. The van der Waals surface area contributed by atoms with Gasteiger partial charge in [-0.15, -0.1) is 0 Å². The fourth-order valence-electron chi connectivity index (χ4n) is 4.40. The van der Waals surface area contributed by atoms with Gasteiger partial charge in [0.25, 0.3) is 11.8 Å². The van der Waals surface area contributed by atoms with Crippen molar-refractivity contribution < 1.29 is 36.3 Å². The molecule has 0 aliphatic carbocycles. The number of alkyl halides is 3. The number of aryl methyl sites for hydroxylation is 1. The molecule has 0 fully saturated rings. The lowest BCUT2D eigenvalue weighted by molar-refractivity contribution is -0.137. The molecule has 46 heavy (non-hydrogen) atoms. The fraction of sp³-hybridized carbons (Fsp3) is 0.257. The maximum absolute atomic E-state index is 12.8. The summed E-state index contributed by atoms with van der Waals surface area (Å²) in [6.45, 7) is 4.93. The molecule has 2 amide bonds. The Balaban J connectivity index is 0.000000489. The third-order valence-corrected chi connectivity index (χ3v) is 6.72. The summed E-state index contributed by atoms with van der Waals surface area (Å²) >= 11 is 0. The molecule has 4 rings (SSSR count). The van der Waals surface area contributed by atoms with Gasteiger partial charge in [0.1, 0.15) is 17.4 Å². The average molecular weight is 642 g/mol. The number of nitrogens with one attached hydrogen (secondary N) is 3. The van der Waals surface area contributed by atoms with Crippen LogP contribution in [0.4, 0.5) is 22.0 Å². The van der Waals surface area contributed by atoms with E-state index in [4.69, 9.17) is 0 Å². The van der Waals surface area contributed by atoms with Crippen LogP contribution >= 0.6 is 0 Å². The van der Waals surface area contributed by atoms with Gasteiger partial charge in [0.05, 0.1) is 18.7 Å². The number of rotatable bonds is 11. The molecule has 1 atom stereocenters. The van der Waals surface area contributed by atoms with Gasteiger partial charge in [-0.1, -0.05) is 48.5 Å². The summed E-state index contributed by atoms with van der Waals surface area (Å²) in [6.07, 6.45) is -3.77. The normalized spacial score (nSPS) is 11.6. The number of benzene rings is 4. The van der Waals surface area contributed by atoms with Crippen LogP contribution in [-0.2, 0) is 12.7 Å². The molecule has 3 N–H and O–H groups in total. The van der Waals surface area contributed by atoms with E-state index in [0.29, 0.717) is 42.7 Å². The van der Waals surface area contributed by atoms with E-state index in [1.54, 1.807) is 24.3 Å². The van der Waals surface area contributed by atoms with Crippen molar-refractivity contribution in [3.8, 4) is 5.75 Å². The minimum atomic E-state index is -4.36. The second kappa shape index (κ2) is 17.1. The van der Waals surface area contributed by atoms with E-state index < -0.39 is 23.4 Å². The number of methoxy groups -OCH3 is 1. The molecule has 6 nitrogen and oxygen atoms in total. The van der Waals surface area contributed by atoms with Crippen molar-refractivity contribution in [1.82, 2.24) is 16.0 Å². The molecule has 0 radical (unpaired) electrons. The maximum atomic E-state index is 12.8. The van der Waals surface area contributed by atoms with Gasteiger partial charge in [0.2, 0.25) is 0 Å². The highest BCUT2D eigenvalue weighted by Gasteiger charge is 2.30. The van der Waals surface area contributed by atoms with Crippen LogP contribution in [0.1, 0.15) is 62.4 Å². The molecular formula is C35H36F5N3O3. The molecule has 0 bridgehead atoms. The summed E-state index contributed by atoms with van der Waals surface area (Å²) in [6, 6.07) is 22.7. The topological polar surface area (TPSA) is 79.5 Å². The van der Waals surface area contributed by atoms with Crippen molar-refractivity contribution in [2.75, 3.05) is 20.2 Å². The highest BCUT2D eigenvalue weighted by molar-refractivity contribution is 6.00. The summed E-state index contributed by atoms with van der Waals surface area (Å²) in [5.74, 6) is -1.61. The number of ether oxygens (including phenoxy) is 1. The van der Waals surface area contributed by atoms with Crippen molar-refractivity contribution in [3.05, 3.63) is 136 Å². The monoisotopic (exact) mass is 641 g/mol. The number of halogens is 5. The van der Waals surface area contributed by atoms with E-state index in [-0.39, 0.29) is 23.6 Å². The van der Waals surface area contributed by atoms with Gasteiger partial charge in [-0.05, 0) is 67.8 Å². The molecule has 244 valence electrons. The van der Waals surface area contributed by atoms with E-state index in [0.717, 1.165) is 41.5 Å². The highest BCUT2D eigenvalue weighted by Crippen LogP contribution is 2.29. The molecule has 11 heteroatoms. The fourth-order valence-corrected chi connectivity index (χ4v) is 4.40. The Bertz CT molecular complexity index is 1580. The van der Waals surface area contributed by atoms with Crippen molar-refractivity contribution in [1.29, 1.82) is 0 Å². The zero-order chi connectivity index (χ0) is 33.7. The Labute approximate surface area is 265 Å². The first-order valence-corrected chi connectivity index (χ1v) is 14.5. The van der Waals surface area contributed by atoms with Gasteiger partial charge in [-0.3, -0.25) is 9.59 Å². The van der Waals surface area contributed by atoms with Gasteiger partial charge < -0.3 is 20.7 Å². The summed E-state index contributed by atoms with van der Waals surface area (Å²) < 4.78 is 67.6. The van der Waals surface area contributed by atoms with Gasteiger partial charge in [-0.25, -0.2) is 8.78 Å². The minimum Gasteiger partial charge on any atom is -0.497 e. The lowest BCUT2D eigenvalue weighted by Gasteiger charge is -2.15. The standard InChI is InChI=1S/C28H30F3N3O2.C7H6F2O/c1-19-14-23(17-24(15-19)27(36)34-20(2)22-9-4-3-5-10-22)26(35)33-13-7-12-32-18-21-8-6-11-25(16-21)28(29,30)31;1-10-7-3-5(8)2-6(9)4-7/h3-6,8-11,14-17,20,32H,7,12-13,18H2,1-2H3,(H,33,35)(H,34,36);2-4H,1H3/t20-;/m1./s1. The quantitative estimate of drug-likeness (QED) is 0.118. The van der Waals surface area contributed by atoms with Gasteiger partial charge in [0.15, 0.2) is 0 Å². The number of hydrogen-bond acceptors (Lipinski definition) is 4. The summed E-state index contributed by atoms with van der Waals surface area (Å²) in [5.41, 5.74) is 2.45. The molecule has 0 heterocycles. The van der Waals surface area contributed by atoms with Gasteiger partial charge >= 0.3 is 6.18 Å². The summed E-state index contributed by atoms with van der Waals surface area (Å²) in [5, 5.41) is 8.87. The van der Waals surface area contributed by atoms with Gasteiger partial charge in [-0.2, -0.15) is 13.2 Å². The second-order valence-electron chi connectivity index (χ2n) is 10.5. The maximum Gasteiger partial charge on any atom is 0.416 e. The Kier molecular flexibility index (Phi) is 13.2. The number of amides is 2. The molecule has 0 saturated heterocycles. The lowest BCUT2D eigenvalue weighted by atomic mass is 10.0. The predicted octanol–water partition coefficient (Wildman–Crippen LogP) is 7.39. The van der Waals surface area contributed by atoms with Crippen LogP contribution in [0.5, 0.6) is 5.75 Å². The Hall–Kier alpha value is -4.77. The molecule has 0 saturated carbocycles. The van der Waals surface area contributed by atoms with E-state index in [2.05, 4.69) is 20.7 Å². The Morgan fingerprint density at radius 2 is 1.46 bits per heavy atom. The SMILES string of the molecule is COc1cc(F)cc(F)c1.Cc1cc(C(=O)NCCCNCc2cccc(C(F)(F)F)c2)cc(C(=O)N[C@H](C)c2ccccc2)c1. The predicted molar refractivity (Wildman–Crippen MR) is 167 cm³/mol. The third-order valence-electron chi connectivity index (χ3n) is 6.72. The van der Waals surface area contributed by atoms with Gasteiger partial charge in [0, 0.05) is 42.4 Å². The molecule has 0 aromatic heterocycles. The summed E-state index contributed by atoms with van der Waals surface area (Å²) in [4.78, 5) is 25.4. The molecule has 4 aromatic carbocycles. The third kappa shape index (κ3) is 11.6. The number of hydrogen-bond donors (Lipinski definition) is 3. The zero-order valence-corrected chi connectivity index (χ0v) is 25.7. The lowest BCUT2D eigenvalue weighted by Crippen LogP contribution is -2.29. The summed E-state index contributed by atoms with van der Waals surface area (Å²) in [7, 11) is 1.36. The first-order chi connectivity index (χ1) is 21.8. The van der Waals surface area contributed by atoms with Crippen LogP contribution in [0.2, 0.25) is 0 Å². The molecular weight excluding hydrogens is 605 g/mol. The van der Waals surface area contributed by atoms with Crippen LogP contribution in [0.25, 0.3) is 0 Å². The van der Waals surface area contributed by atoms with Crippen LogP contribution < -0.4 is 20.7 Å². The van der Waals surface area contributed by atoms with Crippen molar-refractivity contribution >= 4 is 11.8 Å². The molecule has 0 aliphatic rings. The average Bonchev–Trinajstić information content (AvgIpc) is 3.02. The van der Waals surface area contributed by atoms with Crippen LogP contribution in [0.3, 0.4) is 0 Å². The van der Waals surface area contributed by atoms with Crippen LogP contribution in [-0.4, -0.2) is 32.0 Å². The molecule has 0 unspecified atom stereocenters. The van der Waals surface area contributed by atoms with Crippen molar-refractivity contribution in [2.45, 2.75) is 39.0 Å². The smallest absolute Gasteiger partial charge is 0.416 e. The van der Waals surface area contributed by atoms with E-state index >= 15 is 0 Å². The van der Waals surface area contributed by atoms with E-state index in [9.17, 15) is 31.5 Å². The first kappa shape index (κ1) is 35.7. The Morgan fingerprint density at radius 1 is 0.804 bits per heavy atom. The molecule has 4 aromatic rings. The van der Waals surface area contributed by atoms with Crippen molar-refractivity contribution in [2.24, 2.45) is 0 Å². The zero-order valence-electron chi connectivity index (χ0n) is 25.7. The molecule has 0 spiro atoms. The number of carbonyl (C=O) groups is 2. The first-order valence-electron chi connectivity index (χ1n) is 14.5. The van der Waals surface area contributed by atoms with E-state index in [1.165, 1.54) is 13.2 Å². The van der Waals surface area contributed by atoms with E-state index in [1.807, 2.05) is 44.2 Å². The largest absolute Gasteiger partial charge is 0.497 e.